The van der Waals surface area contributed by atoms with E-state index < -0.39 is 0 Å². The fourth-order valence-electron chi connectivity index (χ4n) is 2.27. The van der Waals surface area contributed by atoms with Crippen molar-refractivity contribution in [2.45, 2.75) is 45.1 Å². The predicted octanol–water partition coefficient (Wildman–Crippen LogP) is 3.01. The average Bonchev–Trinajstić information content (AvgIpc) is 2.20. The molecule has 0 aliphatic heterocycles. The minimum Gasteiger partial charge on any atom is -0.388 e. The number of aryl methyl sites for hydroxylation is 2. The van der Waals surface area contributed by atoms with E-state index in [0.29, 0.717) is 0 Å². The standard InChI is InChI=1S/C13H18O/c1-2-4-10-7-8-11-5-3-6-13(14)12(11)9-10/h7-9,13-14H,2-6H2,1H3/t13-/m0/s1. The first-order valence-corrected chi connectivity index (χ1v) is 5.61. The van der Waals surface area contributed by atoms with Gasteiger partial charge in [-0.3, -0.25) is 0 Å². The molecule has 1 heteroatoms. The molecule has 2 rings (SSSR count). The third-order valence-corrected chi connectivity index (χ3v) is 3.03. The zero-order valence-corrected chi connectivity index (χ0v) is 8.79. The number of hydrogen-bond donors (Lipinski definition) is 1. The van der Waals surface area contributed by atoms with E-state index >= 15 is 0 Å². The van der Waals surface area contributed by atoms with Crippen LogP contribution in [0.5, 0.6) is 0 Å². The van der Waals surface area contributed by atoms with Gasteiger partial charge in [0.15, 0.2) is 0 Å². The number of hydrogen-bond acceptors (Lipinski definition) is 1. The normalized spacial score (nSPS) is 20.6. The van der Waals surface area contributed by atoms with Gasteiger partial charge < -0.3 is 5.11 Å². The van der Waals surface area contributed by atoms with Gasteiger partial charge in [0.1, 0.15) is 0 Å². The van der Waals surface area contributed by atoms with Gasteiger partial charge in [0.05, 0.1) is 6.10 Å². The van der Waals surface area contributed by atoms with E-state index in [4.69, 9.17) is 0 Å². The lowest BCUT2D eigenvalue weighted by molar-refractivity contribution is 0.156. The summed E-state index contributed by atoms with van der Waals surface area (Å²) in [6.45, 7) is 2.19. The van der Waals surface area contributed by atoms with Gasteiger partial charge in [0.2, 0.25) is 0 Å². The van der Waals surface area contributed by atoms with Crippen molar-refractivity contribution in [2.75, 3.05) is 0 Å². The molecule has 1 aromatic rings. The summed E-state index contributed by atoms with van der Waals surface area (Å²) in [5, 5.41) is 9.85. The molecule has 0 saturated heterocycles. The lowest BCUT2D eigenvalue weighted by atomic mass is 9.88. The monoisotopic (exact) mass is 190 g/mol. The Bertz CT molecular complexity index is 317. The molecule has 0 amide bonds. The van der Waals surface area contributed by atoms with Gasteiger partial charge in [0, 0.05) is 0 Å². The van der Waals surface area contributed by atoms with Crippen molar-refractivity contribution >= 4 is 0 Å². The molecule has 1 nitrogen and oxygen atoms in total. The predicted molar refractivity (Wildman–Crippen MR) is 58.3 cm³/mol. The van der Waals surface area contributed by atoms with Crippen molar-refractivity contribution in [3.05, 3.63) is 34.9 Å². The van der Waals surface area contributed by atoms with Crippen molar-refractivity contribution in [3.8, 4) is 0 Å². The summed E-state index contributed by atoms with van der Waals surface area (Å²) in [5.41, 5.74) is 3.90. The second kappa shape index (κ2) is 4.14. The number of fused-ring (bicyclic) bond motifs is 1. The van der Waals surface area contributed by atoms with E-state index in [9.17, 15) is 5.11 Å². The molecule has 0 fully saturated rings. The number of aliphatic hydroxyl groups is 1. The summed E-state index contributed by atoms with van der Waals surface area (Å²) in [6.07, 6.45) is 5.29. The summed E-state index contributed by atoms with van der Waals surface area (Å²) in [5.74, 6) is 0. The van der Waals surface area contributed by atoms with Gasteiger partial charge in [-0.1, -0.05) is 31.5 Å². The van der Waals surface area contributed by atoms with Crippen LogP contribution in [0.2, 0.25) is 0 Å². The number of benzene rings is 1. The Balaban J connectivity index is 2.31. The molecule has 0 bridgehead atoms. The maximum Gasteiger partial charge on any atom is 0.0792 e. The maximum absolute atomic E-state index is 9.85. The van der Waals surface area contributed by atoms with Crippen LogP contribution in [-0.2, 0) is 12.8 Å². The van der Waals surface area contributed by atoms with Crippen LogP contribution < -0.4 is 0 Å². The van der Waals surface area contributed by atoms with Gasteiger partial charge in [0.25, 0.3) is 0 Å². The smallest absolute Gasteiger partial charge is 0.0792 e. The highest BCUT2D eigenvalue weighted by atomic mass is 16.3. The van der Waals surface area contributed by atoms with Crippen molar-refractivity contribution in [1.82, 2.24) is 0 Å². The molecular formula is C13H18O. The fourth-order valence-corrected chi connectivity index (χ4v) is 2.27. The van der Waals surface area contributed by atoms with Crippen molar-refractivity contribution < 1.29 is 5.11 Å². The highest BCUT2D eigenvalue weighted by Gasteiger charge is 2.17. The van der Waals surface area contributed by atoms with Crippen molar-refractivity contribution in [1.29, 1.82) is 0 Å². The van der Waals surface area contributed by atoms with E-state index in [1.807, 2.05) is 0 Å². The minimum atomic E-state index is -0.212. The first kappa shape index (κ1) is 9.72. The fraction of sp³-hybridized carbons (Fsp3) is 0.538. The molecule has 0 radical (unpaired) electrons. The Morgan fingerprint density at radius 2 is 2.29 bits per heavy atom. The zero-order valence-electron chi connectivity index (χ0n) is 8.79. The Morgan fingerprint density at radius 1 is 1.43 bits per heavy atom. The molecule has 14 heavy (non-hydrogen) atoms. The maximum atomic E-state index is 9.85. The molecular weight excluding hydrogens is 172 g/mol. The molecule has 1 aliphatic rings. The molecule has 1 aromatic carbocycles. The van der Waals surface area contributed by atoms with Crippen LogP contribution in [0.4, 0.5) is 0 Å². The third-order valence-electron chi connectivity index (χ3n) is 3.03. The molecule has 1 atom stereocenters. The van der Waals surface area contributed by atoms with E-state index in [-0.39, 0.29) is 6.10 Å². The van der Waals surface area contributed by atoms with Crippen LogP contribution in [-0.4, -0.2) is 5.11 Å². The highest BCUT2D eigenvalue weighted by Crippen LogP contribution is 2.30. The SMILES string of the molecule is CCCc1ccc2c(c1)[C@@H](O)CCC2. The van der Waals surface area contributed by atoms with Crippen LogP contribution in [0.25, 0.3) is 0 Å². The molecule has 0 aromatic heterocycles. The largest absolute Gasteiger partial charge is 0.388 e. The first-order valence-electron chi connectivity index (χ1n) is 5.61. The Kier molecular flexibility index (Phi) is 2.87. The molecule has 0 unspecified atom stereocenters. The van der Waals surface area contributed by atoms with Gasteiger partial charge in [-0.15, -0.1) is 0 Å². The lowest BCUT2D eigenvalue weighted by Crippen LogP contribution is -2.09. The quantitative estimate of drug-likeness (QED) is 0.760. The van der Waals surface area contributed by atoms with Crippen LogP contribution >= 0.6 is 0 Å². The van der Waals surface area contributed by atoms with Gasteiger partial charge >= 0.3 is 0 Å². The summed E-state index contributed by atoms with van der Waals surface area (Å²) in [7, 11) is 0. The third kappa shape index (κ3) is 1.83. The van der Waals surface area contributed by atoms with Crippen LogP contribution in [0.3, 0.4) is 0 Å². The minimum absolute atomic E-state index is 0.212. The summed E-state index contributed by atoms with van der Waals surface area (Å²) in [4.78, 5) is 0. The van der Waals surface area contributed by atoms with Crippen molar-refractivity contribution in [3.63, 3.8) is 0 Å². The Hall–Kier alpha value is -0.820. The van der Waals surface area contributed by atoms with Gasteiger partial charge in [-0.05, 0) is 42.4 Å². The van der Waals surface area contributed by atoms with Crippen LogP contribution in [0.15, 0.2) is 18.2 Å². The topological polar surface area (TPSA) is 20.2 Å². The molecule has 0 saturated carbocycles. The number of rotatable bonds is 2. The average molecular weight is 190 g/mol. The van der Waals surface area contributed by atoms with Gasteiger partial charge in [-0.25, -0.2) is 0 Å². The Morgan fingerprint density at radius 3 is 3.07 bits per heavy atom. The lowest BCUT2D eigenvalue weighted by Gasteiger charge is -2.21. The van der Waals surface area contributed by atoms with Crippen molar-refractivity contribution in [2.24, 2.45) is 0 Å². The zero-order chi connectivity index (χ0) is 9.97. The summed E-state index contributed by atoms with van der Waals surface area (Å²) >= 11 is 0. The molecule has 1 N–H and O–H groups in total. The summed E-state index contributed by atoms with van der Waals surface area (Å²) in [6, 6.07) is 6.60. The van der Waals surface area contributed by atoms with E-state index in [0.717, 1.165) is 25.7 Å². The van der Waals surface area contributed by atoms with E-state index in [2.05, 4.69) is 25.1 Å². The summed E-state index contributed by atoms with van der Waals surface area (Å²) < 4.78 is 0. The Labute approximate surface area is 85.8 Å². The second-order valence-electron chi connectivity index (χ2n) is 4.19. The molecule has 1 aliphatic carbocycles. The van der Waals surface area contributed by atoms with E-state index in [1.165, 1.54) is 23.1 Å². The highest BCUT2D eigenvalue weighted by molar-refractivity contribution is 5.35. The van der Waals surface area contributed by atoms with Crippen LogP contribution in [0.1, 0.15) is 49.0 Å². The van der Waals surface area contributed by atoms with Gasteiger partial charge in [-0.2, -0.15) is 0 Å². The molecule has 0 heterocycles. The number of aliphatic hydroxyl groups excluding tert-OH is 1. The second-order valence-corrected chi connectivity index (χ2v) is 4.19. The van der Waals surface area contributed by atoms with Crippen LogP contribution in [0, 0.1) is 0 Å². The molecule has 76 valence electrons. The first-order chi connectivity index (χ1) is 6.81. The molecule has 0 spiro atoms. The van der Waals surface area contributed by atoms with E-state index in [1.54, 1.807) is 0 Å².